The molecule has 10 heteroatoms. The number of amides is 1. The quantitative estimate of drug-likeness (QED) is 0.512. The zero-order chi connectivity index (χ0) is 22.2. The number of nitrogens with one attached hydrogen (secondary N) is 1. The van der Waals surface area contributed by atoms with Crippen LogP contribution in [-0.4, -0.2) is 40.3 Å². The Labute approximate surface area is 177 Å². The van der Waals surface area contributed by atoms with Crippen LogP contribution in [0.2, 0.25) is 0 Å². The summed E-state index contributed by atoms with van der Waals surface area (Å²) in [5, 5.41) is 7.64. The summed E-state index contributed by atoms with van der Waals surface area (Å²) >= 11 is 0. The number of hydrogen-bond acceptors (Lipinski definition) is 6. The molecule has 3 heterocycles. The predicted molar refractivity (Wildman–Crippen MR) is 112 cm³/mol. The van der Waals surface area contributed by atoms with Crippen LogP contribution in [0.5, 0.6) is 0 Å². The SMILES string of the molecule is C[C@H](NC(=O)c1cncc2c1cnn2-c1ccc(F)cc1)c1cccc(S(C)(=O)=O)n1. The fourth-order valence-corrected chi connectivity index (χ4v) is 3.73. The second-order valence-corrected chi connectivity index (χ2v) is 8.98. The molecule has 0 spiro atoms. The maximum absolute atomic E-state index is 13.2. The maximum atomic E-state index is 13.2. The van der Waals surface area contributed by atoms with E-state index in [-0.39, 0.29) is 10.8 Å². The standard InChI is InChI=1S/C21H18FN5O3S/c1-13(18-4-3-5-20(26-18)31(2,29)30)25-21(28)17-10-23-12-19-16(17)11-24-27(19)15-8-6-14(22)7-9-15/h3-13H,1-2H3,(H,25,28)/t13-/m0/s1. The van der Waals surface area contributed by atoms with Crippen LogP contribution in [0.1, 0.15) is 29.0 Å². The van der Waals surface area contributed by atoms with Crippen molar-refractivity contribution < 1.29 is 17.6 Å². The average molecular weight is 439 g/mol. The Balaban J connectivity index is 1.63. The van der Waals surface area contributed by atoms with Crippen molar-refractivity contribution in [3.05, 3.63) is 78.1 Å². The van der Waals surface area contributed by atoms with Crippen molar-refractivity contribution in [1.82, 2.24) is 25.1 Å². The van der Waals surface area contributed by atoms with E-state index in [0.29, 0.717) is 27.8 Å². The Hall–Kier alpha value is -3.66. The van der Waals surface area contributed by atoms with Crippen LogP contribution in [0.25, 0.3) is 16.6 Å². The van der Waals surface area contributed by atoms with Gasteiger partial charge in [-0.3, -0.25) is 9.78 Å². The molecule has 0 saturated carbocycles. The van der Waals surface area contributed by atoms with E-state index in [1.54, 1.807) is 48.3 Å². The number of carbonyl (C=O) groups is 1. The fourth-order valence-electron chi connectivity index (χ4n) is 3.14. The van der Waals surface area contributed by atoms with Gasteiger partial charge in [0.15, 0.2) is 14.9 Å². The minimum Gasteiger partial charge on any atom is -0.344 e. The number of sulfone groups is 1. The lowest BCUT2D eigenvalue weighted by molar-refractivity contribution is 0.0940. The van der Waals surface area contributed by atoms with Crippen molar-refractivity contribution in [2.45, 2.75) is 18.0 Å². The van der Waals surface area contributed by atoms with Gasteiger partial charge in [0.25, 0.3) is 5.91 Å². The molecule has 1 N–H and O–H groups in total. The van der Waals surface area contributed by atoms with Crippen LogP contribution < -0.4 is 5.32 Å². The summed E-state index contributed by atoms with van der Waals surface area (Å²) in [7, 11) is -3.46. The summed E-state index contributed by atoms with van der Waals surface area (Å²) in [4.78, 5) is 21.2. The van der Waals surface area contributed by atoms with Crippen LogP contribution in [-0.2, 0) is 9.84 Å². The monoisotopic (exact) mass is 439 g/mol. The summed E-state index contributed by atoms with van der Waals surface area (Å²) in [6.07, 6.45) is 5.63. The Bertz CT molecular complexity index is 1380. The molecule has 1 aromatic carbocycles. The molecular weight excluding hydrogens is 421 g/mol. The van der Waals surface area contributed by atoms with Gasteiger partial charge in [-0.05, 0) is 43.3 Å². The van der Waals surface area contributed by atoms with Crippen LogP contribution in [0.15, 0.2) is 66.1 Å². The molecule has 0 radical (unpaired) electrons. The molecule has 8 nitrogen and oxygen atoms in total. The van der Waals surface area contributed by atoms with Crippen molar-refractivity contribution >= 4 is 26.6 Å². The summed E-state index contributed by atoms with van der Waals surface area (Å²) in [5.41, 5.74) is 1.94. The van der Waals surface area contributed by atoms with E-state index in [1.165, 1.54) is 24.4 Å². The topological polar surface area (TPSA) is 107 Å². The number of hydrogen-bond donors (Lipinski definition) is 1. The van der Waals surface area contributed by atoms with Gasteiger partial charge in [0.1, 0.15) is 5.82 Å². The second kappa shape index (κ2) is 7.88. The molecule has 3 aromatic heterocycles. The molecule has 1 atom stereocenters. The first kappa shape index (κ1) is 20.6. The van der Waals surface area contributed by atoms with E-state index in [0.717, 1.165) is 6.26 Å². The van der Waals surface area contributed by atoms with Gasteiger partial charge in [0, 0.05) is 17.8 Å². The first-order valence-corrected chi connectivity index (χ1v) is 11.2. The van der Waals surface area contributed by atoms with Crippen molar-refractivity contribution in [3.8, 4) is 5.69 Å². The van der Waals surface area contributed by atoms with Gasteiger partial charge in [-0.25, -0.2) is 22.5 Å². The van der Waals surface area contributed by atoms with Gasteiger partial charge in [-0.1, -0.05) is 6.07 Å². The third-order valence-electron chi connectivity index (χ3n) is 4.73. The molecule has 1 amide bonds. The van der Waals surface area contributed by atoms with Crippen molar-refractivity contribution in [2.24, 2.45) is 0 Å². The summed E-state index contributed by atoms with van der Waals surface area (Å²) in [6, 6.07) is 9.90. The Morgan fingerprint density at radius 2 is 1.84 bits per heavy atom. The smallest absolute Gasteiger partial charge is 0.254 e. The first-order valence-electron chi connectivity index (χ1n) is 9.29. The van der Waals surface area contributed by atoms with E-state index >= 15 is 0 Å². The Kier molecular flexibility index (Phi) is 5.24. The number of carbonyl (C=O) groups excluding carboxylic acids is 1. The minimum absolute atomic E-state index is 0.0598. The van der Waals surface area contributed by atoms with E-state index in [1.807, 2.05) is 0 Å². The minimum atomic E-state index is -3.46. The average Bonchev–Trinajstić information content (AvgIpc) is 3.18. The van der Waals surface area contributed by atoms with Gasteiger partial charge in [0.05, 0.1) is 40.9 Å². The highest BCUT2D eigenvalue weighted by Crippen LogP contribution is 2.22. The van der Waals surface area contributed by atoms with Gasteiger partial charge in [0.2, 0.25) is 0 Å². The van der Waals surface area contributed by atoms with Gasteiger partial charge in [-0.2, -0.15) is 5.10 Å². The molecule has 0 aliphatic carbocycles. The van der Waals surface area contributed by atoms with Gasteiger partial charge in [-0.15, -0.1) is 0 Å². The summed E-state index contributed by atoms with van der Waals surface area (Å²) in [5.74, 6) is -0.767. The normalized spacial score (nSPS) is 12.6. The predicted octanol–water partition coefficient (Wildman–Crippen LogP) is 2.85. The molecule has 0 saturated heterocycles. The number of nitrogens with zero attached hydrogens (tertiary/aromatic N) is 4. The van der Waals surface area contributed by atoms with Crippen molar-refractivity contribution in [1.29, 1.82) is 0 Å². The van der Waals surface area contributed by atoms with E-state index in [2.05, 4.69) is 20.4 Å². The van der Waals surface area contributed by atoms with Crippen LogP contribution in [0.4, 0.5) is 4.39 Å². The molecule has 4 rings (SSSR count). The zero-order valence-corrected chi connectivity index (χ0v) is 17.5. The van der Waals surface area contributed by atoms with Gasteiger partial charge < -0.3 is 5.32 Å². The number of fused-ring (bicyclic) bond motifs is 1. The molecule has 4 aromatic rings. The molecule has 0 aliphatic rings. The maximum Gasteiger partial charge on any atom is 0.254 e. The third-order valence-corrected chi connectivity index (χ3v) is 5.72. The third kappa shape index (κ3) is 4.15. The van der Waals surface area contributed by atoms with E-state index in [4.69, 9.17) is 0 Å². The number of benzene rings is 1. The molecular formula is C21H18FN5O3S. The number of rotatable bonds is 5. The number of halogens is 1. The Morgan fingerprint density at radius 3 is 2.55 bits per heavy atom. The molecule has 158 valence electrons. The highest BCUT2D eigenvalue weighted by Gasteiger charge is 2.19. The number of pyridine rings is 2. The molecule has 31 heavy (non-hydrogen) atoms. The zero-order valence-electron chi connectivity index (χ0n) is 16.7. The lowest BCUT2D eigenvalue weighted by Gasteiger charge is -2.14. The Morgan fingerprint density at radius 1 is 1.10 bits per heavy atom. The molecule has 0 fully saturated rings. The molecule has 0 aliphatic heterocycles. The van der Waals surface area contributed by atoms with E-state index < -0.39 is 21.8 Å². The lowest BCUT2D eigenvalue weighted by atomic mass is 10.1. The second-order valence-electron chi connectivity index (χ2n) is 7.02. The fraction of sp³-hybridized carbons (Fsp3) is 0.143. The van der Waals surface area contributed by atoms with Crippen molar-refractivity contribution in [2.75, 3.05) is 6.26 Å². The van der Waals surface area contributed by atoms with Crippen LogP contribution in [0.3, 0.4) is 0 Å². The number of aromatic nitrogens is 4. The summed E-state index contributed by atoms with van der Waals surface area (Å²) in [6.45, 7) is 1.71. The highest BCUT2D eigenvalue weighted by molar-refractivity contribution is 7.90. The lowest BCUT2D eigenvalue weighted by Crippen LogP contribution is -2.27. The first-order chi connectivity index (χ1) is 14.7. The van der Waals surface area contributed by atoms with E-state index in [9.17, 15) is 17.6 Å². The largest absolute Gasteiger partial charge is 0.344 e. The highest BCUT2D eigenvalue weighted by atomic mass is 32.2. The van der Waals surface area contributed by atoms with Crippen LogP contribution >= 0.6 is 0 Å². The summed E-state index contributed by atoms with van der Waals surface area (Å²) < 4.78 is 38.3. The van der Waals surface area contributed by atoms with Crippen molar-refractivity contribution in [3.63, 3.8) is 0 Å². The molecule has 0 unspecified atom stereocenters. The molecule has 0 bridgehead atoms. The van der Waals surface area contributed by atoms with Gasteiger partial charge >= 0.3 is 0 Å². The van der Waals surface area contributed by atoms with Crippen LogP contribution in [0, 0.1) is 5.82 Å².